The molecule has 15 atom stereocenters. The molecule has 4 fully saturated rings. The molecule has 1 aromatic heterocycles. The highest BCUT2D eigenvalue weighted by molar-refractivity contribution is 6.39. The van der Waals surface area contributed by atoms with Crippen LogP contribution < -0.4 is 4.74 Å². The van der Waals surface area contributed by atoms with Crippen LogP contribution in [0.5, 0.6) is 17.2 Å². The summed E-state index contributed by atoms with van der Waals surface area (Å²) in [5.74, 6) is -7.96. The smallest absolute Gasteiger partial charge is 0.329 e. The van der Waals surface area contributed by atoms with E-state index in [1.165, 1.54) is 59.1 Å². The maximum Gasteiger partial charge on any atom is 0.329 e. The first-order valence-corrected chi connectivity index (χ1v) is 38.5. The third-order valence-electron chi connectivity index (χ3n) is 22.7. The van der Waals surface area contributed by atoms with E-state index in [-0.39, 0.29) is 54.3 Å². The molecule has 107 heavy (non-hydrogen) atoms. The number of aromatic hydroxyl groups is 2. The summed E-state index contributed by atoms with van der Waals surface area (Å²) >= 11 is 0. The van der Waals surface area contributed by atoms with Crippen molar-refractivity contribution < 1.29 is 92.6 Å². The van der Waals surface area contributed by atoms with Gasteiger partial charge in [0.05, 0.1) is 37.2 Å². The number of aryl methyl sites for hydroxylation is 1. The van der Waals surface area contributed by atoms with Crippen LogP contribution in [0.25, 0.3) is 22.2 Å². The van der Waals surface area contributed by atoms with Crippen LogP contribution in [0.15, 0.2) is 114 Å². The number of hydrogen-bond donors (Lipinski definition) is 6. The molecule has 4 aromatic rings. The molecule has 1 amide bonds. The lowest BCUT2D eigenvalue weighted by molar-refractivity contribution is -0.265. The minimum Gasteiger partial charge on any atom is -0.508 e. The van der Waals surface area contributed by atoms with Gasteiger partial charge in [0.25, 0.3) is 11.7 Å². The van der Waals surface area contributed by atoms with Crippen LogP contribution in [0.3, 0.4) is 0 Å². The number of rotatable bonds is 17. The number of piperidine rings is 2. The molecule has 6 N–H and O–H groups in total. The van der Waals surface area contributed by atoms with E-state index < -0.39 is 120 Å². The van der Waals surface area contributed by atoms with E-state index in [1.54, 1.807) is 59.1 Å². The van der Waals surface area contributed by atoms with Crippen molar-refractivity contribution in [3.63, 3.8) is 0 Å². The predicted octanol–water partition coefficient (Wildman–Crippen LogP) is 11.7. The molecule has 1 aliphatic carbocycles. The van der Waals surface area contributed by atoms with Crippen LogP contribution in [0.2, 0.25) is 0 Å². The fraction of sp³-hybridized carbons (Fsp3) is 0.600. The minimum absolute atomic E-state index is 0.00697. The average molecular weight is 1490 g/mol. The molecule has 3 aromatic carbocycles. The molecule has 5 aliphatic rings. The largest absolute Gasteiger partial charge is 0.508 e. The number of nitrogens with zero attached hydrogens (tertiary/aromatic N) is 3. The number of aromatic nitrogens is 1. The number of fused-ring (bicyclic) bond motifs is 4. The lowest BCUT2D eigenvalue weighted by Crippen LogP contribution is -2.61. The summed E-state index contributed by atoms with van der Waals surface area (Å²) in [7, 11) is 4.43. The molecule has 0 spiro atoms. The van der Waals surface area contributed by atoms with Gasteiger partial charge in [0, 0.05) is 82.5 Å². The van der Waals surface area contributed by atoms with Gasteiger partial charge in [-0.15, -0.1) is 0 Å². The summed E-state index contributed by atoms with van der Waals surface area (Å²) in [6, 6.07) is 20.0. The second kappa shape index (κ2) is 39.8. The number of esters is 2. The van der Waals surface area contributed by atoms with Gasteiger partial charge in [0.2, 0.25) is 5.79 Å². The second-order valence-electron chi connectivity index (χ2n) is 31.0. The third-order valence-corrected chi connectivity index (χ3v) is 22.7. The quantitative estimate of drug-likeness (QED) is 0.0325. The number of phenolic OH excluding ortho intramolecular Hbond substituents is 2. The van der Waals surface area contributed by atoms with Crippen LogP contribution in [0.4, 0.5) is 0 Å². The Morgan fingerprint density at radius 2 is 1.44 bits per heavy atom. The lowest BCUT2D eigenvalue weighted by atomic mass is 9.78. The number of carbonyl (C=O) groups excluding carboxylic acids is 6. The number of likely N-dealkylation sites (tertiary alicyclic amines) is 1. The highest BCUT2D eigenvalue weighted by Crippen LogP contribution is 2.41. The fourth-order valence-electron chi connectivity index (χ4n) is 15.7. The Morgan fingerprint density at radius 3 is 2.11 bits per heavy atom. The van der Waals surface area contributed by atoms with Gasteiger partial charge in [-0.05, 0) is 218 Å². The van der Waals surface area contributed by atoms with Crippen LogP contribution >= 0.6 is 0 Å². The number of cyclic esters (lactones) is 1. The number of phenols is 2. The molecule has 0 radical (unpaired) electrons. The van der Waals surface area contributed by atoms with E-state index >= 15 is 0 Å². The highest BCUT2D eigenvalue weighted by Gasteiger charge is 2.53. The molecule has 0 unspecified atom stereocenters. The molecule has 5 heterocycles. The van der Waals surface area contributed by atoms with Crippen molar-refractivity contribution in [2.75, 3.05) is 67.3 Å². The summed E-state index contributed by atoms with van der Waals surface area (Å²) in [6.07, 6.45) is 13.7. The topological polar surface area (TPSA) is 300 Å². The number of allylic oxidation sites excluding steroid dienone is 6. The van der Waals surface area contributed by atoms with Crippen molar-refractivity contribution in [3.05, 3.63) is 125 Å². The van der Waals surface area contributed by atoms with E-state index in [0.29, 0.717) is 76.3 Å². The summed E-state index contributed by atoms with van der Waals surface area (Å²) in [6.45, 7) is 19.6. The van der Waals surface area contributed by atoms with Gasteiger partial charge in [-0.1, -0.05) is 89.6 Å². The van der Waals surface area contributed by atoms with Crippen molar-refractivity contribution in [3.8, 4) is 28.5 Å². The summed E-state index contributed by atoms with van der Waals surface area (Å²) in [5, 5.41) is 63.9. The maximum absolute atomic E-state index is 14.5. The zero-order valence-electron chi connectivity index (χ0n) is 65.0. The van der Waals surface area contributed by atoms with Crippen molar-refractivity contribution in [1.82, 2.24) is 14.4 Å². The average Bonchev–Trinajstić information content (AvgIpc) is 1.74. The number of aliphatic hydroxyl groups excluding tert-OH is 3. The van der Waals surface area contributed by atoms with Crippen molar-refractivity contribution in [2.24, 2.45) is 40.9 Å². The Hall–Kier alpha value is -7.38. The molecule has 3 saturated heterocycles. The van der Waals surface area contributed by atoms with E-state index in [2.05, 4.69) is 40.7 Å². The van der Waals surface area contributed by atoms with Crippen LogP contribution in [0.1, 0.15) is 163 Å². The van der Waals surface area contributed by atoms with Crippen molar-refractivity contribution in [1.29, 1.82) is 0 Å². The van der Waals surface area contributed by atoms with Gasteiger partial charge in [0.15, 0.2) is 5.78 Å². The highest BCUT2D eigenvalue weighted by atomic mass is 16.6. The van der Waals surface area contributed by atoms with Gasteiger partial charge in [0.1, 0.15) is 65.5 Å². The van der Waals surface area contributed by atoms with Gasteiger partial charge in [-0.2, -0.15) is 0 Å². The maximum atomic E-state index is 14.5. The molecule has 588 valence electrons. The minimum atomic E-state index is -2.47. The van der Waals surface area contributed by atoms with Crippen LogP contribution in [-0.2, 0) is 63.7 Å². The molecule has 1 saturated carbocycles. The monoisotopic (exact) mass is 1490 g/mol. The number of methoxy groups -OCH3 is 3. The molecule has 22 heteroatoms. The second-order valence-corrected chi connectivity index (χ2v) is 31.0. The fourth-order valence-corrected chi connectivity index (χ4v) is 15.7. The molecule has 9 rings (SSSR count). The van der Waals surface area contributed by atoms with E-state index in [0.717, 1.165) is 57.1 Å². The molecular formula is C85H119N3O19. The first-order valence-electron chi connectivity index (χ1n) is 38.5. The van der Waals surface area contributed by atoms with Gasteiger partial charge in [-0.3, -0.25) is 28.9 Å². The van der Waals surface area contributed by atoms with E-state index in [1.807, 2.05) is 75.4 Å². The zero-order chi connectivity index (χ0) is 77.9. The number of ketones is 3. The number of carbonyl (C=O) groups is 6. The molecular weight excluding hydrogens is 1370 g/mol. The SMILES string of the molecule is CO[C@H]1C[C@@H]2CC[C@@H](C)[C@@](O)(O2)C(=O)C(=O)N2CCCC[C@H]2C(=O)O[C@H]([C@H](C)C[C@@H]2CC[C@@H](OC(=O)C(C)(CO)CO)[C@H](OC)C2)CC(=O)[C@H](C)/C=C(\C)[C@@H](O)[C@@H](OC)C(=O)[C@H](C)C[C@H](C)\C=C/C=C/C=C/1C.Cc1c(-c2ccc(O)cc2)n(Cc2ccc(OCCN3CCCCC3)cc2)c2ccc(O)cc12. The standard InChI is InChI=1S/C56H87NO16.C29H32N2O3/c1-33-17-13-12-14-18-34(2)45(68-9)29-41-22-20-39(7)56(67,73-41)51(63)52(64)57-24-16-15-19-42(57)53(65)71-46(30-43(60)35(3)26-38(6)49(62)50(70-11)48(61)37(5)25-33)36(4)27-40-21-23-44(47(28-40)69-10)72-54(66)55(8,31-58)32-59;1-21-27-19-25(33)11-14-28(27)31(29(21)23-7-9-24(32)10-8-23)20-22-5-12-26(13-6-22)34-18-17-30-15-3-2-4-16-30/h12-14,17-18,26,33,35-37,39-42,44-47,49-50,58-59,62,67H,15-16,19-25,27-32H2,1-11H3;5-14,19,32-33H,2-4,15-18,20H2,1H3/b14-12+,17-13-,34-18+,38-26+;/t33-,35-,36-,37-,39-,40+,41+,42+,44-,45+,46+,47-,49-,50+,56-;/m1./s1. The van der Waals surface area contributed by atoms with E-state index in [4.69, 9.17) is 33.2 Å². The third kappa shape index (κ3) is 22.2. The Morgan fingerprint density at radius 1 is 0.748 bits per heavy atom. The van der Waals surface area contributed by atoms with Crippen molar-refractivity contribution in [2.45, 2.75) is 220 Å². The number of hydrogen-bond acceptors (Lipinski definition) is 20. The summed E-state index contributed by atoms with van der Waals surface area (Å²) in [5.41, 5.74) is 5.19. The lowest BCUT2D eigenvalue weighted by Gasteiger charge is -2.42. The Kier molecular flexibility index (Phi) is 31.7. The molecule has 2 bridgehead atoms. The van der Waals surface area contributed by atoms with Gasteiger partial charge in [-0.25, -0.2) is 4.79 Å². The van der Waals surface area contributed by atoms with E-state index in [9.17, 15) is 59.4 Å². The number of aliphatic hydroxyl groups is 4. The number of benzene rings is 3. The summed E-state index contributed by atoms with van der Waals surface area (Å²) in [4.78, 5) is 87.9. The summed E-state index contributed by atoms with van der Waals surface area (Å²) < 4.78 is 43.7. The van der Waals surface area contributed by atoms with Gasteiger partial charge < -0.3 is 73.3 Å². The van der Waals surface area contributed by atoms with Crippen LogP contribution in [-0.4, -0.2) is 202 Å². The van der Waals surface area contributed by atoms with Crippen molar-refractivity contribution >= 4 is 46.1 Å². The number of Topliss-reactive ketones (excluding diaryl/α,β-unsaturated/α-hetero) is 3. The first kappa shape index (κ1) is 85.2. The Bertz CT molecular complexity index is 3740. The zero-order valence-corrected chi connectivity index (χ0v) is 65.0. The Labute approximate surface area is 632 Å². The Balaban J connectivity index is 0.000000349. The number of ether oxygens (including phenoxy) is 7. The van der Waals surface area contributed by atoms with Gasteiger partial charge >= 0.3 is 11.9 Å². The molecule has 4 aliphatic heterocycles. The number of amides is 1. The van der Waals surface area contributed by atoms with Crippen LogP contribution in [0, 0.1) is 47.8 Å². The molecule has 22 nitrogen and oxygen atoms in total. The predicted molar refractivity (Wildman–Crippen MR) is 408 cm³/mol. The first-order chi connectivity index (χ1) is 51.1. The normalized spacial score (nSPS) is 30.1.